The first-order chi connectivity index (χ1) is 12.7. The van der Waals surface area contributed by atoms with Gasteiger partial charge in [0.1, 0.15) is 5.57 Å². The number of urea groups is 1. The van der Waals surface area contributed by atoms with Gasteiger partial charge < -0.3 is 4.57 Å². The van der Waals surface area contributed by atoms with Crippen molar-refractivity contribution in [2.24, 2.45) is 0 Å². The third-order valence-electron chi connectivity index (χ3n) is 4.48. The first-order valence-corrected chi connectivity index (χ1v) is 9.03. The highest BCUT2D eigenvalue weighted by Gasteiger charge is 2.37. The Hall–Kier alpha value is -2.57. The lowest BCUT2D eigenvalue weighted by Gasteiger charge is -2.27. The number of nitrogens with zero attached hydrogens (tertiary/aromatic N) is 2. The Balaban J connectivity index is 2.08. The van der Waals surface area contributed by atoms with Gasteiger partial charge in [-0.1, -0.05) is 23.2 Å². The number of hydrogen-bond acceptors (Lipinski definition) is 3. The molecule has 0 radical (unpaired) electrons. The van der Waals surface area contributed by atoms with Gasteiger partial charge in [-0.25, -0.2) is 9.69 Å². The number of aryl methyl sites for hydroxylation is 1. The largest absolute Gasteiger partial charge is 0.349 e. The summed E-state index contributed by atoms with van der Waals surface area (Å²) in [5, 5.41) is 2.68. The number of nitrogens with one attached hydrogen (secondary N) is 1. The number of carbonyl (C=O) groups is 3. The van der Waals surface area contributed by atoms with E-state index in [1.165, 1.54) is 24.3 Å². The molecule has 1 aromatic carbocycles. The minimum Gasteiger partial charge on any atom is -0.349 e. The van der Waals surface area contributed by atoms with Crippen molar-refractivity contribution in [3.63, 3.8) is 0 Å². The molecule has 140 valence electrons. The summed E-state index contributed by atoms with van der Waals surface area (Å²) in [6, 6.07) is 5.43. The summed E-state index contributed by atoms with van der Waals surface area (Å²) in [5.41, 5.74) is 2.69. The van der Waals surface area contributed by atoms with E-state index >= 15 is 0 Å². The van der Waals surface area contributed by atoms with Gasteiger partial charge in [0.15, 0.2) is 0 Å². The lowest BCUT2D eigenvalue weighted by atomic mass is 10.1. The maximum Gasteiger partial charge on any atom is 0.335 e. The fraction of sp³-hybridized carbons (Fsp3) is 0.211. The number of anilines is 1. The average molecular weight is 406 g/mol. The maximum absolute atomic E-state index is 12.9. The van der Waals surface area contributed by atoms with Gasteiger partial charge in [-0.15, -0.1) is 0 Å². The molecule has 1 saturated heterocycles. The van der Waals surface area contributed by atoms with Crippen molar-refractivity contribution in [1.82, 2.24) is 9.88 Å². The van der Waals surface area contributed by atoms with Gasteiger partial charge in [0.25, 0.3) is 11.8 Å². The molecule has 4 amide bonds. The zero-order valence-corrected chi connectivity index (χ0v) is 16.5. The molecule has 3 rings (SSSR count). The standard InChI is InChI=1S/C19H17Cl2N3O3/c1-4-23-10(2)7-12(11(23)3)8-14-17(25)22-19(27)24(18(14)26)16-6-5-13(20)9-15(16)21/h5-9H,4H2,1-3H3,(H,22,25,27). The second-order valence-corrected chi connectivity index (χ2v) is 6.97. The van der Waals surface area contributed by atoms with Gasteiger partial charge in [0.05, 0.1) is 10.7 Å². The molecule has 1 fully saturated rings. The van der Waals surface area contributed by atoms with E-state index in [4.69, 9.17) is 23.2 Å². The van der Waals surface area contributed by atoms with E-state index in [1.807, 2.05) is 26.8 Å². The van der Waals surface area contributed by atoms with Crippen LogP contribution in [-0.2, 0) is 16.1 Å². The van der Waals surface area contributed by atoms with Crippen LogP contribution in [0.5, 0.6) is 0 Å². The molecule has 1 aliphatic rings. The summed E-state index contributed by atoms with van der Waals surface area (Å²) in [4.78, 5) is 38.3. The number of barbiturate groups is 1. The number of rotatable bonds is 3. The molecule has 0 atom stereocenters. The van der Waals surface area contributed by atoms with Crippen LogP contribution in [0.25, 0.3) is 6.08 Å². The van der Waals surface area contributed by atoms with Gasteiger partial charge in [0.2, 0.25) is 0 Å². The third kappa shape index (κ3) is 3.38. The summed E-state index contributed by atoms with van der Waals surface area (Å²) >= 11 is 12.0. The highest BCUT2D eigenvalue weighted by atomic mass is 35.5. The molecular weight excluding hydrogens is 389 g/mol. The van der Waals surface area contributed by atoms with Crippen molar-refractivity contribution < 1.29 is 14.4 Å². The normalized spacial score (nSPS) is 16.3. The Kier molecular flexibility index (Phi) is 5.13. The molecule has 1 aliphatic heterocycles. The van der Waals surface area contributed by atoms with Gasteiger partial charge >= 0.3 is 6.03 Å². The lowest BCUT2D eigenvalue weighted by molar-refractivity contribution is -0.122. The molecule has 0 aliphatic carbocycles. The molecule has 0 bridgehead atoms. The van der Waals surface area contributed by atoms with Crippen LogP contribution in [-0.4, -0.2) is 22.4 Å². The number of benzene rings is 1. The number of carbonyl (C=O) groups excluding carboxylic acids is 3. The molecular formula is C19H17Cl2N3O3. The Morgan fingerprint density at radius 3 is 2.41 bits per heavy atom. The van der Waals surface area contributed by atoms with Crippen LogP contribution in [0.15, 0.2) is 29.8 Å². The van der Waals surface area contributed by atoms with Crippen LogP contribution in [0.1, 0.15) is 23.9 Å². The molecule has 6 nitrogen and oxygen atoms in total. The van der Waals surface area contributed by atoms with Gasteiger partial charge in [0, 0.05) is 23.0 Å². The molecule has 0 saturated carbocycles. The quantitative estimate of drug-likeness (QED) is 0.616. The maximum atomic E-state index is 12.9. The lowest BCUT2D eigenvalue weighted by Crippen LogP contribution is -2.54. The number of amides is 4. The highest BCUT2D eigenvalue weighted by molar-refractivity contribution is 6.42. The van der Waals surface area contributed by atoms with Crippen LogP contribution >= 0.6 is 23.2 Å². The fourth-order valence-electron chi connectivity index (χ4n) is 3.15. The number of halogens is 2. The highest BCUT2D eigenvalue weighted by Crippen LogP contribution is 2.31. The second kappa shape index (κ2) is 7.21. The Morgan fingerprint density at radius 2 is 1.81 bits per heavy atom. The van der Waals surface area contributed by atoms with Crippen molar-refractivity contribution in [2.75, 3.05) is 4.90 Å². The van der Waals surface area contributed by atoms with Crippen molar-refractivity contribution in [1.29, 1.82) is 0 Å². The van der Waals surface area contributed by atoms with Gasteiger partial charge in [-0.05, 0) is 56.7 Å². The summed E-state index contributed by atoms with van der Waals surface area (Å²) in [5.74, 6) is -1.48. The van der Waals surface area contributed by atoms with E-state index in [9.17, 15) is 14.4 Å². The van der Waals surface area contributed by atoms with Crippen LogP contribution in [0.2, 0.25) is 10.0 Å². The summed E-state index contributed by atoms with van der Waals surface area (Å²) in [6.07, 6.45) is 1.50. The van der Waals surface area contributed by atoms with Crippen LogP contribution in [0.3, 0.4) is 0 Å². The Labute approximate surface area is 166 Å². The monoisotopic (exact) mass is 405 g/mol. The zero-order chi connectivity index (χ0) is 19.9. The molecule has 2 heterocycles. The number of aromatic nitrogens is 1. The van der Waals surface area contributed by atoms with Gasteiger partial charge in [-0.2, -0.15) is 0 Å². The average Bonchev–Trinajstić information content (AvgIpc) is 2.86. The first kappa shape index (κ1) is 19.2. The van der Waals surface area contributed by atoms with E-state index in [-0.39, 0.29) is 16.3 Å². The molecule has 8 heteroatoms. The van der Waals surface area contributed by atoms with E-state index in [2.05, 4.69) is 9.88 Å². The van der Waals surface area contributed by atoms with E-state index in [0.29, 0.717) is 5.02 Å². The van der Waals surface area contributed by atoms with Crippen LogP contribution in [0, 0.1) is 13.8 Å². The summed E-state index contributed by atoms with van der Waals surface area (Å²) in [6.45, 7) is 6.64. The van der Waals surface area contributed by atoms with E-state index in [0.717, 1.165) is 28.4 Å². The zero-order valence-electron chi connectivity index (χ0n) is 15.0. The number of hydrogen-bond donors (Lipinski definition) is 1. The molecule has 0 spiro atoms. The molecule has 2 aromatic rings. The van der Waals surface area contributed by atoms with E-state index < -0.39 is 17.8 Å². The smallest absolute Gasteiger partial charge is 0.335 e. The van der Waals surface area contributed by atoms with Crippen molar-refractivity contribution in [3.05, 3.63) is 56.8 Å². The molecule has 1 N–H and O–H groups in total. The molecule has 1 aromatic heterocycles. The van der Waals surface area contributed by atoms with Crippen LogP contribution in [0.4, 0.5) is 10.5 Å². The Morgan fingerprint density at radius 1 is 1.11 bits per heavy atom. The van der Waals surface area contributed by atoms with Crippen molar-refractivity contribution >= 4 is 52.8 Å². The summed E-state index contributed by atoms with van der Waals surface area (Å²) < 4.78 is 2.07. The fourth-order valence-corrected chi connectivity index (χ4v) is 3.65. The van der Waals surface area contributed by atoms with Gasteiger partial charge in [-0.3, -0.25) is 14.9 Å². The van der Waals surface area contributed by atoms with Crippen molar-refractivity contribution in [2.45, 2.75) is 27.3 Å². The number of imide groups is 2. The minimum absolute atomic E-state index is 0.129. The SMILES string of the molecule is CCn1c(C)cc(C=C2C(=O)NC(=O)N(c3ccc(Cl)cc3Cl)C2=O)c1C. The van der Waals surface area contributed by atoms with Crippen LogP contribution < -0.4 is 10.2 Å². The minimum atomic E-state index is -0.856. The third-order valence-corrected chi connectivity index (χ3v) is 5.02. The van der Waals surface area contributed by atoms with E-state index in [1.54, 1.807) is 0 Å². The topological polar surface area (TPSA) is 71.4 Å². The Bertz CT molecular complexity index is 1010. The molecule has 0 unspecified atom stereocenters. The molecule has 27 heavy (non-hydrogen) atoms. The van der Waals surface area contributed by atoms with Crippen molar-refractivity contribution in [3.8, 4) is 0 Å². The summed E-state index contributed by atoms with van der Waals surface area (Å²) in [7, 11) is 0. The first-order valence-electron chi connectivity index (χ1n) is 8.27. The predicted octanol–water partition coefficient (Wildman–Crippen LogP) is 4.10. The second-order valence-electron chi connectivity index (χ2n) is 6.12. The predicted molar refractivity (Wildman–Crippen MR) is 105 cm³/mol.